The second kappa shape index (κ2) is 13.4. The summed E-state index contributed by atoms with van der Waals surface area (Å²) in [5, 5.41) is 28.4. The van der Waals surface area contributed by atoms with Gasteiger partial charge in [-0.2, -0.15) is 5.10 Å². The van der Waals surface area contributed by atoms with E-state index in [9.17, 15) is 9.90 Å². The van der Waals surface area contributed by atoms with E-state index in [0.717, 1.165) is 84.0 Å². The van der Waals surface area contributed by atoms with Crippen molar-refractivity contribution in [3.05, 3.63) is 65.6 Å². The number of carboxylic acid groups (broad SMARTS) is 1. The van der Waals surface area contributed by atoms with E-state index < -0.39 is 5.97 Å². The Bertz CT molecular complexity index is 2180. The molecule has 54 heavy (non-hydrogen) atoms. The highest BCUT2D eigenvalue weighted by molar-refractivity contribution is 7.22. The van der Waals surface area contributed by atoms with Crippen molar-refractivity contribution in [1.82, 2.24) is 34.8 Å². The molecule has 4 bridgehead atoms. The molecule has 2 atom stereocenters. The van der Waals surface area contributed by atoms with Gasteiger partial charge in [-0.25, -0.2) is 14.8 Å². The molecule has 0 amide bonds. The first-order valence-corrected chi connectivity index (χ1v) is 19.8. The van der Waals surface area contributed by atoms with Crippen molar-refractivity contribution in [2.24, 2.45) is 16.2 Å². The minimum atomic E-state index is -1.09. The van der Waals surface area contributed by atoms with Crippen molar-refractivity contribution < 1.29 is 14.6 Å². The lowest BCUT2D eigenvalue weighted by Crippen LogP contribution is -2.64. The van der Waals surface area contributed by atoms with Gasteiger partial charge in [-0.3, -0.25) is 4.68 Å². The third-order valence-electron chi connectivity index (χ3n) is 11.9. The standard InChI is InChI=1S/C41H51N9O3S/c1-8-49(33-17-26(2)35(47-46-33)45-37-43-30-11-9-10-12-31(30)54-37)32-14-13-28(34(44-32)36(51)52)29-18-42-50(27(29)3)25-40-20-38(4)19-39(5,21-40)23-41(22-38,24-40)53-16-15-48(6)7/h9-14,17-18H,8,15-16,19-25H2,1-7H3,(H,51,52)(H,43,45,47). The molecule has 2 N–H and O–H groups in total. The van der Waals surface area contributed by atoms with Crippen LogP contribution < -0.4 is 10.2 Å². The fourth-order valence-corrected chi connectivity index (χ4v) is 11.8. The molecule has 0 spiro atoms. The van der Waals surface area contributed by atoms with Gasteiger partial charge in [0.2, 0.25) is 0 Å². The van der Waals surface area contributed by atoms with E-state index in [1.54, 1.807) is 11.3 Å². The number of nitrogens with zero attached hydrogens (tertiary/aromatic N) is 8. The number of carboxylic acids is 1. The summed E-state index contributed by atoms with van der Waals surface area (Å²) in [6, 6.07) is 13.6. The van der Waals surface area contributed by atoms with E-state index in [1.807, 2.05) is 67.4 Å². The van der Waals surface area contributed by atoms with Crippen LogP contribution in [0.1, 0.15) is 81.0 Å². The number of thiazole rings is 1. The summed E-state index contributed by atoms with van der Waals surface area (Å²) in [5.74, 6) is 0.580. The summed E-state index contributed by atoms with van der Waals surface area (Å²) in [5.41, 5.74) is 4.53. The van der Waals surface area contributed by atoms with Crippen LogP contribution in [-0.2, 0) is 11.3 Å². The highest BCUT2D eigenvalue weighted by Crippen LogP contribution is 2.72. The number of hydrogen-bond acceptors (Lipinski definition) is 11. The Labute approximate surface area is 321 Å². The monoisotopic (exact) mass is 749 g/mol. The number of aromatic nitrogens is 6. The van der Waals surface area contributed by atoms with Gasteiger partial charge < -0.3 is 25.0 Å². The summed E-state index contributed by atoms with van der Waals surface area (Å²) in [4.78, 5) is 26.3. The molecule has 1 aromatic carbocycles. The summed E-state index contributed by atoms with van der Waals surface area (Å²) < 4.78 is 10.1. The summed E-state index contributed by atoms with van der Waals surface area (Å²) in [6.07, 6.45) is 8.67. The average Bonchev–Trinajstić information content (AvgIpc) is 3.66. The predicted octanol–water partition coefficient (Wildman–Crippen LogP) is 8.26. The van der Waals surface area contributed by atoms with E-state index in [-0.39, 0.29) is 27.5 Å². The van der Waals surface area contributed by atoms with E-state index in [4.69, 9.17) is 14.8 Å². The van der Waals surface area contributed by atoms with Crippen LogP contribution in [0.15, 0.2) is 48.7 Å². The molecule has 284 valence electrons. The lowest BCUT2D eigenvalue weighted by molar-refractivity contribution is -0.248. The lowest BCUT2D eigenvalue weighted by Gasteiger charge is -2.69. The van der Waals surface area contributed by atoms with Crippen LogP contribution in [0.2, 0.25) is 0 Å². The van der Waals surface area contributed by atoms with Crippen LogP contribution in [0, 0.1) is 30.1 Å². The molecule has 5 aromatic rings. The van der Waals surface area contributed by atoms with E-state index >= 15 is 0 Å². The Morgan fingerprint density at radius 2 is 1.72 bits per heavy atom. The number of benzene rings is 1. The van der Waals surface area contributed by atoms with Crippen LogP contribution in [-0.4, -0.2) is 85.3 Å². The zero-order valence-electron chi connectivity index (χ0n) is 32.4. The molecular formula is C41H51N9O3S. The summed E-state index contributed by atoms with van der Waals surface area (Å²) >= 11 is 1.56. The van der Waals surface area contributed by atoms with Gasteiger partial charge in [-0.15, -0.1) is 10.2 Å². The number of carbonyl (C=O) groups is 1. The molecule has 0 radical (unpaired) electrons. The number of likely N-dealkylation sites (N-methyl/N-ethyl adjacent to an activating group) is 1. The van der Waals surface area contributed by atoms with Crippen molar-refractivity contribution >= 4 is 50.1 Å². The molecule has 13 heteroatoms. The van der Waals surface area contributed by atoms with Crippen LogP contribution in [0.4, 0.5) is 22.6 Å². The molecule has 4 heterocycles. The number of anilines is 4. The maximum Gasteiger partial charge on any atom is 0.355 e. The largest absolute Gasteiger partial charge is 0.476 e. The lowest BCUT2D eigenvalue weighted by atomic mass is 9.39. The Kier molecular flexibility index (Phi) is 9.05. The maximum absolute atomic E-state index is 12.8. The van der Waals surface area contributed by atoms with Gasteiger partial charge in [0, 0.05) is 36.5 Å². The van der Waals surface area contributed by atoms with E-state index in [2.05, 4.69) is 64.9 Å². The average molecular weight is 750 g/mol. The smallest absolute Gasteiger partial charge is 0.355 e. The van der Waals surface area contributed by atoms with E-state index in [0.29, 0.717) is 29.6 Å². The molecule has 4 aliphatic carbocycles. The number of fused-ring (bicyclic) bond motifs is 1. The summed E-state index contributed by atoms with van der Waals surface area (Å²) in [7, 11) is 4.20. The van der Waals surface area contributed by atoms with Crippen molar-refractivity contribution in [2.45, 2.75) is 85.3 Å². The minimum absolute atomic E-state index is 0.0181. The van der Waals surface area contributed by atoms with Crippen LogP contribution in [0.3, 0.4) is 0 Å². The predicted molar refractivity (Wildman–Crippen MR) is 213 cm³/mol. The second-order valence-corrected chi connectivity index (χ2v) is 18.3. The molecule has 2 unspecified atom stereocenters. The molecular weight excluding hydrogens is 699 g/mol. The van der Waals surface area contributed by atoms with Gasteiger partial charge in [0.25, 0.3) is 0 Å². The molecule has 9 rings (SSSR count). The number of para-hydroxylation sites is 1. The fraction of sp³-hybridized carbons (Fsp3) is 0.512. The highest BCUT2D eigenvalue weighted by atomic mass is 32.1. The third-order valence-corrected chi connectivity index (χ3v) is 12.9. The SMILES string of the molecule is CCN(c1cc(C)c(Nc2nc3ccccc3s2)nn1)c1ccc(-c2cnn(CC34CC5(C)CC(C)(C3)CC(OCCN(C)C)(C5)C4)c2C)c(C(=O)O)n1. The minimum Gasteiger partial charge on any atom is -0.476 e. The Hall–Kier alpha value is -4.46. The molecule has 12 nitrogen and oxygen atoms in total. The first-order valence-electron chi connectivity index (χ1n) is 19.0. The topological polar surface area (TPSA) is 134 Å². The van der Waals surface area contributed by atoms with Gasteiger partial charge in [0.1, 0.15) is 5.82 Å². The number of aryl methyl sites for hydroxylation is 1. The number of hydrogen-bond donors (Lipinski definition) is 2. The van der Waals surface area contributed by atoms with Gasteiger partial charge in [0.15, 0.2) is 22.5 Å². The number of nitrogens with one attached hydrogen (secondary N) is 1. The third kappa shape index (κ3) is 6.75. The van der Waals surface area contributed by atoms with E-state index in [1.165, 1.54) is 6.42 Å². The quantitative estimate of drug-likeness (QED) is 0.121. The molecule has 0 aliphatic heterocycles. The van der Waals surface area contributed by atoms with Gasteiger partial charge in [-0.1, -0.05) is 37.3 Å². The molecule has 0 saturated heterocycles. The van der Waals surface area contributed by atoms with Crippen molar-refractivity contribution in [1.29, 1.82) is 0 Å². The Morgan fingerprint density at radius 1 is 0.963 bits per heavy atom. The first-order chi connectivity index (χ1) is 25.7. The Morgan fingerprint density at radius 3 is 2.41 bits per heavy atom. The zero-order chi connectivity index (χ0) is 38.0. The molecule has 4 fully saturated rings. The normalized spacial score (nSPS) is 25.9. The molecule has 4 saturated carbocycles. The number of pyridine rings is 1. The van der Waals surface area contributed by atoms with Crippen molar-refractivity contribution in [2.75, 3.05) is 44.0 Å². The van der Waals surface area contributed by atoms with Gasteiger partial charge in [0.05, 0.1) is 28.6 Å². The van der Waals surface area contributed by atoms with Crippen LogP contribution in [0.5, 0.6) is 0 Å². The fourth-order valence-electron chi connectivity index (χ4n) is 11.0. The number of rotatable bonds is 13. The molecule has 4 aliphatic rings. The maximum atomic E-state index is 12.8. The number of aromatic carboxylic acids is 1. The van der Waals surface area contributed by atoms with Gasteiger partial charge in [-0.05, 0) is 126 Å². The first kappa shape index (κ1) is 36.5. The van der Waals surface area contributed by atoms with Crippen LogP contribution >= 0.6 is 11.3 Å². The zero-order valence-corrected chi connectivity index (χ0v) is 33.3. The second-order valence-electron chi connectivity index (χ2n) is 17.3. The van der Waals surface area contributed by atoms with Crippen LogP contribution in [0.25, 0.3) is 21.3 Å². The van der Waals surface area contributed by atoms with Crippen molar-refractivity contribution in [3.8, 4) is 11.1 Å². The summed E-state index contributed by atoms with van der Waals surface area (Å²) in [6.45, 7) is 13.9. The number of ether oxygens (including phenoxy) is 1. The Balaban J connectivity index is 1.04. The highest BCUT2D eigenvalue weighted by Gasteiger charge is 2.66. The molecule has 4 aromatic heterocycles. The van der Waals surface area contributed by atoms with Crippen molar-refractivity contribution in [3.63, 3.8) is 0 Å². The van der Waals surface area contributed by atoms with Gasteiger partial charge >= 0.3 is 5.97 Å².